The Morgan fingerprint density at radius 1 is 1.27 bits per heavy atom. The Labute approximate surface area is 91.9 Å². The van der Waals surface area contributed by atoms with Crippen LogP contribution in [0.15, 0.2) is 18.2 Å². The van der Waals surface area contributed by atoms with Crippen LogP contribution in [0, 0.1) is 6.92 Å². The fourth-order valence-corrected chi connectivity index (χ4v) is 3.51. The van der Waals surface area contributed by atoms with Crippen molar-refractivity contribution in [1.29, 1.82) is 0 Å². The summed E-state index contributed by atoms with van der Waals surface area (Å²) in [6.07, 6.45) is 5.55. The molecule has 1 atom stereocenters. The minimum Gasteiger partial charge on any atom is -0.381 e. The van der Waals surface area contributed by atoms with Gasteiger partial charge in [0.1, 0.15) is 0 Å². The Balaban J connectivity index is 2.15. The third-order valence-electron chi connectivity index (χ3n) is 4.41. The standard InChI is InChI=1S/C14H19N/c1-10-5-6-13-12(9-10)14(11(2)15-13)7-3-4-8-14/h5-6,9,11,15H,3-4,7-8H2,1-2H3. The van der Waals surface area contributed by atoms with Gasteiger partial charge in [0.25, 0.3) is 0 Å². The molecule has 1 N–H and O–H groups in total. The van der Waals surface area contributed by atoms with E-state index in [0.717, 1.165) is 0 Å². The van der Waals surface area contributed by atoms with Gasteiger partial charge in [-0.05, 0) is 38.3 Å². The van der Waals surface area contributed by atoms with Crippen molar-refractivity contribution in [2.45, 2.75) is 51.0 Å². The van der Waals surface area contributed by atoms with Crippen LogP contribution in [0.1, 0.15) is 43.7 Å². The molecule has 1 saturated carbocycles. The quantitative estimate of drug-likeness (QED) is 0.676. The van der Waals surface area contributed by atoms with Crippen molar-refractivity contribution < 1.29 is 0 Å². The molecule has 1 aliphatic heterocycles. The lowest BCUT2D eigenvalue weighted by molar-refractivity contribution is 0.411. The average molecular weight is 201 g/mol. The van der Waals surface area contributed by atoms with E-state index < -0.39 is 0 Å². The van der Waals surface area contributed by atoms with Crippen molar-refractivity contribution >= 4 is 5.69 Å². The molecule has 1 heterocycles. The van der Waals surface area contributed by atoms with Gasteiger partial charge in [-0.3, -0.25) is 0 Å². The summed E-state index contributed by atoms with van der Waals surface area (Å²) >= 11 is 0. The Morgan fingerprint density at radius 3 is 2.73 bits per heavy atom. The van der Waals surface area contributed by atoms with Gasteiger partial charge in [-0.1, -0.05) is 30.5 Å². The second kappa shape index (κ2) is 3.01. The van der Waals surface area contributed by atoms with Crippen LogP contribution in [-0.2, 0) is 5.41 Å². The van der Waals surface area contributed by atoms with E-state index in [1.807, 2.05) is 0 Å². The molecule has 1 spiro atoms. The molecule has 1 aromatic rings. The number of hydrogen-bond acceptors (Lipinski definition) is 1. The first-order valence-corrected chi connectivity index (χ1v) is 6.10. The van der Waals surface area contributed by atoms with Gasteiger partial charge in [-0.25, -0.2) is 0 Å². The van der Waals surface area contributed by atoms with E-state index in [9.17, 15) is 0 Å². The minimum absolute atomic E-state index is 0.460. The summed E-state index contributed by atoms with van der Waals surface area (Å²) in [6, 6.07) is 7.49. The van der Waals surface area contributed by atoms with E-state index in [1.54, 1.807) is 5.56 Å². The van der Waals surface area contributed by atoms with Gasteiger partial charge in [-0.2, -0.15) is 0 Å². The maximum absolute atomic E-state index is 3.66. The molecule has 1 heteroatoms. The maximum Gasteiger partial charge on any atom is 0.0381 e. The van der Waals surface area contributed by atoms with E-state index in [2.05, 4.69) is 37.4 Å². The van der Waals surface area contributed by atoms with Gasteiger partial charge in [0.2, 0.25) is 0 Å². The molecule has 1 fully saturated rings. The van der Waals surface area contributed by atoms with Crippen LogP contribution < -0.4 is 5.32 Å². The van der Waals surface area contributed by atoms with Crippen molar-refractivity contribution in [2.24, 2.45) is 0 Å². The molecule has 0 bridgehead atoms. The maximum atomic E-state index is 3.66. The number of nitrogens with one attached hydrogen (secondary N) is 1. The number of anilines is 1. The average Bonchev–Trinajstić information content (AvgIpc) is 2.78. The molecular weight excluding hydrogens is 182 g/mol. The van der Waals surface area contributed by atoms with Crippen LogP contribution in [0.2, 0.25) is 0 Å². The summed E-state index contributed by atoms with van der Waals surface area (Å²) in [5, 5.41) is 3.66. The molecule has 15 heavy (non-hydrogen) atoms. The molecular formula is C14H19N. The minimum atomic E-state index is 0.460. The molecule has 80 valence electrons. The van der Waals surface area contributed by atoms with Crippen LogP contribution in [0.25, 0.3) is 0 Å². The fraction of sp³-hybridized carbons (Fsp3) is 0.571. The largest absolute Gasteiger partial charge is 0.381 e. The second-order valence-electron chi connectivity index (χ2n) is 5.28. The van der Waals surface area contributed by atoms with E-state index in [4.69, 9.17) is 0 Å². The normalized spacial score (nSPS) is 26.7. The Hall–Kier alpha value is -0.980. The molecule has 1 nitrogen and oxygen atoms in total. The van der Waals surface area contributed by atoms with Crippen molar-refractivity contribution in [2.75, 3.05) is 5.32 Å². The van der Waals surface area contributed by atoms with E-state index >= 15 is 0 Å². The number of rotatable bonds is 0. The van der Waals surface area contributed by atoms with Crippen LogP contribution in [-0.4, -0.2) is 6.04 Å². The van der Waals surface area contributed by atoms with Gasteiger partial charge in [0, 0.05) is 17.1 Å². The first-order valence-electron chi connectivity index (χ1n) is 6.10. The third-order valence-corrected chi connectivity index (χ3v) is 4.41. The van der Waals surface area contributed by atoms with Crippen molar-refractivity contribution in [3.8, 4) is 0 Å². The zero-order valence-electron chi connectivity index (χ0n) is 9.64. The van der Waals surface area contributed by atoms with Crippen LogP contribution in [0.4, 0.5) is 5.69 Å². The monoisotopic (exact) mass is 201 g/mol. The molecule has 1 aliphatic carbocycles. The van der Waals surface area contributed by atoms with E-state index in [0.29, 0.717) is 11.5 Å². The summed E-state index contributed by atoms with van der Waals surface area (Å²) in [5.74, 6) is 0. The fourth-order valence-electron chi connectivity index (χ4n) is 3.51. The predicted octanol–water partition coefficient (Wildman–Crippen LogP) is 3.62. The predicted molar refractivity (Wildman–Crippen MR) is 64.4 cm³/mol. The number of hydrogen-bond donors (Lipinski definition) is 1. The molecule has 0 radical (unpaired) electrons. The highest BCUT2D eigenvalue weighted by Crippen LogP contribution is 2.51. The van der Waals surface area contributed by atoms with Gasteiger partial charge < -0.3 is 5.32 Å². The smallest absolute Gasteiger partial charge is 0.0381 e. The molecule has 0 aromatic heterocycles. The van der Waals surface area contributed by atoms with Crippen LogP contribution >= 0.6 is 0 Å². The third kappa shape index (κ3) is 1.15. The first-order chi connectivity index (χ1) is 7.22. The zero-order chi connectivity index (χ0) is 10.5. The SMILES string of the molecule is Cc1ccc2c(c1)C1(CCCC1)C(C)N2. The summed E-state index contributed by atoms with van der Waals surface area (Å²) in [7, 11) is 0. The summed E-state index contributed by atoms with van der Waals surface area (Å²) in [5.41, 5.74) is 4.83. The van der Waals surface area contributed by atoms with Crippen molar-refractivity contribution in [3.05, 3.63) is 29.3 Å². The summed E-state index contributed by atoms with van der Waals surface area (Å²) in [6.45, 7) is 4.55. The molecule has 1 unspecified atom stereocenters. The van der Waals surface area contributed by atoms with Gasteiger partial charge >= 0.3 is 0 Å². The summed E-state index contributed by atoms with van der Waals surface area (Å²) < 4.78 is 0. The molecule has 3 rings (SSSR count). The zero-order valence-corrected chi connectivity index (χ0v) is 9.64. The van der Waals surface area contributed by atoms with Crippen LogP contribution in [0.3, 0.4) is 0 Å². The van der Waals surface area contributed by atoms with Gasteiger partial charge in [0.15, 0.2) is 0 Å². The molecule has 0 saturated heterocycles. The van der Waals surface area contributed by atoms with Crippen LogP contribution in [0.5, 0.6) is 0 Å². The lowest BCUT2D eigenvalue weighted by Crippen LogP contribution is -2.33. The van der Waals surface area contributed by atoms with Crippen molar-refractivity contribution in [1.82, 2.24) is 0 Å². The lowest BCUT2D eigenvalue weighted by Gasteiger charge is -2.29. The highest BCUT2D eigenvalue weighted by atomic mass is 15.0. The number of benzene rings is 1. The molecule has 1 aromatic carbocycles. The lowest BCUT2D eigenvalue weighted by atomic mass is 9.75. The first kappa shape index (κ1) is 9.26. The van der Waals surface area contributed by atoms with E-state index in [1.165, 1.54) is 36.9 Å². The number of fused-ring (bicyclic) bond motifs is 2. The van der Waals surface area contributed by atoms with Crippen molar-refractivity contribution in [3.63, 3.8) is 0 Å². The second-order valence-corrected chi connectivity index (χ2v) is 5.28. The van der Waals surface area contributed by atoms with E-state index in [-0.39, 0.29) is 0 Å². The molecule has 2 aliphatic rings. The molecule has 0 amide bonds. The topological polar surface area (TPSA) is 12.0 Å². The van der Waals surface area contributed by atoms with Gasteiger partial charge in [0.05, 0.1) is 0 Å². The highest BCUT2D eigenvalue weighted by molar-refractivity contribution is 5.63. The van der Waals surface area contributed by atoms with Gasteiger partial charge in [-0.15, -0.1) is 0 Å². The summed E-state index contributed by atoms with van der Waals surface area (Å²) in [4.78, 5) is 0. The Morgan fingerprint density at radius 2 is 2.00 bits per heavy atom. The Kier molecular flexibility index (Phi) is 1.86. The highest BCUT2D eigenvalue weighted by Gasteiger charge is 2.46. The number of aryl methyl sites for hydroxylation is 1. The Bertz CT molecular complexity index is 388.